The zero-order chi connectivity index (χ0) is 34.7. The van der Waals surface area contributed by atoms with Crippen molar-refractivity contribution in [2.75, 3.05) is 13.2 Å². The molecule has 0 aliphatic heterocycles. The largest absolute Gasteiger partial charge is 0.392 e. The van der Waals surface area contributed by atoms with Crippen LogP contribution in [-0.4, -0.2) is 56.4 Å². The summed E-state index contributed by atoms with van der Waals surface area (Å²) in [6.45, 7) is 13.2. The highest BCUT2D eigenvalue weighted by Gasteiger charge is 2.64. The van der Waals surface area contributed by atoms with E-state index < -0.39 is 11.2 Å². The number of hydrogen-bond donors (Lipinski definition) is 4. The van der Waals surface area contributed by atoms with Crippen LogP contribution < -0.4 is 0 Å². The Morgan fingerprint density at radius 2 is 0.896 bits per heavy atom. The summed E-state index contributed by atoms with van der Waals surface area (Å²) in [5.74, 6) is 4.90. The Bertz CT molecular complexity index is 1290. The molecule has 48 heavy (non-hydrogen) atoms. The quantitative estimate of drug-likeness (QED) is 0.253. The van der Waals surface area contributed by atoms with E-state index in [0.29, 0.717) is 71.3 Å². The number of rotatable bonds is 2. The molecule has 0 aromatic rings. The van der Waals surface area contributed by atoms with Crippen molar-refractivity contribution in [3.8, 4) is 0 Å². The van der Waals surface area contributed by atoms with E-state index in [1.807, 2.05) is 13.8 Å². The van der Waals surface area contributed by atoms with Gasteiger partial charge in [-0.05, 0) is 160 Å². The van der Waals surface area contributed by atoms with Crippen LogP contribution in [0.4, 0.5) is 0 Å². The average Bonchev–Trinajstić information content (AvgIpc) is 3.43. The van der Waals surface area contributed by atoms with Crippen LogP contribution in [0.2, 0.25) is 0 Å². The summed E-state index contributed by atoms with van der Waals surface area (Å²) in [5.41, 5.74) is 0.401. The van der Waals surface area contributed by atoms with E-state index in [-0.39, 0.29) is 46.4 Å². The second-order valence-electron chi connectivity index (χ2n) is 19.5. The second-order valence-corrected chi connectivity index (χ2v) is 19.5. The van der Waals surface area contributed by atoms with Crippen LogP contribution in [0, 0.1) is 69.0 Å². The van der Waals surface area contributed by atoms with Gasteiger partial charge in [-0.15, -0.1) is 0 Å². The first-order chi connectivity index (χ1) is 22.5. The Balaban J connectivity index is 0.000000152. The molecule has 8 aliphatic carbocycles. The lowest BCUT2D eigenvalue weighted by Gasteiger charge is -2.59. The maximum absolute atomic E-state index is 12.2. The number of aliphatic hydroxyl groups is 4. The van der Waals surface area contributed by atoms with E-state index in [0.717, 1.165) is 64.2 Å². The van der Waals surface area contributed by atoms with Gasteiger partial charge in [-0.1, -0.05) is 39.8 Å². The topological polar surface area (TPSA) is 115 Å². The average molecular weight is 665 g/mol. The Morgan fingerprint density at radius 3 is 1.25 bits per heavy atom. The molecule has 0 spiro atoms. The first-order valence-electron chi connectivity index (χ1n) is 19.6. The zero-order valence-corrected chi connectivity index (χ0v) is 30.7. The first kappa shape index (κ1) is 35.1. The molecular weight excluding hydrogens is 600 g/mol. The van der Waals surface area contributed by atoms with Crippen LogP contribution in [0.25, 0.3) is 0 Å². The fourth-order valence-corrected chi connectivity index (χ4v) is 14.4. The molecule has 0 amide bonds. The first-order valence-corrected chi connectivity index (χ1v) is 19.6. The third-order valence-electron chi connectivity index (χ3n) is 17.9. The number of hydrogen-bond acceptors (Lipinski definition) is 6. The maximum atomic E-state index is 12.2. The normalized spacial score (nSPS) is 53.9. The van der Waals surface area contributed by atoms with Crippen molar-refractivity contribution in [1.82, 2.24) is 0 Å². The molecule has 6 saturated carbocycles. The number of aliphatic hydroxyl groups excluding tert-OH is 2. The molecule has 0 aromatic heterocycles. The van der Waals surface area contributed by atoms with Crippen molar-refractivity contribution in [2.24, 2.45) is 69.0 Å². The van der Waals surface area contributed by atoms with E-state index in [1.165, 1.54) is 12.8 Å². The van der Waals surface area contributed by atoms with Crippen molar-refractivity contribution >= 4 is 11.6 Å². The zero-order valence-electron chi connectivity index (χ0n) is 30.7. The Hall–Kier alpha value is -1.34. The summed E-state index contributed by atoms with van der Waals surface area (Å²) < 4.78 is 0. The summed E-state index contributed by atoms with van der Waals surface area (Å²) >= 11 is 0. The number of allylic oxidation sites excluding steroid dienone is 2. The van der Waals surface area contributed by atoms with Gasteiger partial charge in [0.25, 0.3) is 0 Å². The Morgan fingerprint density at radius 1 is 0.542 bits per heavy atom. The standard InChI is InChI=1S/2C21H32O3/c2*1-19-11-13(12-22)18(23)10-14(19)4-5-15-16(19)6-8-20(2)17(15)7-9-21(20,3)24/h2*11,14-17,22,24H,4-10,12H2,1-3H3/t2*14-,15+,16-,17-,19-,20-,21-/m00/s1. The number of Topliss-reactive ketones (excluding diaryl/α,β-unsaturated/α-hetero) is 2. The van der Waals surface area contributed by atoms with Gasteiger partial charge in [0.2, 0.25) is 0 Å². The summed E-state index contributed by atoms with van der Waals surface area (Å²) in [6.07, 6.45) is 18.8. The van der Waals surface area contributed by atoms with E-state index in [9.17, 15) is 30.0 Å². The van der Waals surface area contributed by atoms with E-state index >= 15 is 0 Å². The number of carbonyl (C=O) groups excluding carboxylic acids is 2. The number of fused-ring (bicyclic) bond motifs is 10. The Labute approximate surface area is 289 Å². The third kappa shape index (κ3) is 4.84. The highest BCUT2D eigenvalue weighted by molar-refractivity contribution is 5.97. The molecule has 268 valence electrons. The summed E-state index contributed by atoms with van der Waals surface area (Å²) in [4.78, 5) is 24.5. The lowest BCUT2D eigenvalue weighted by molar-refractivity contribution is -0.136. The number of carbonyl (C=O) groups is 2. The van der Waals surface area contributed by atoms with Crippen molar-refractivity contribution in [3.63, 3.8) is 0 Å². The molecular formula is C42H64O6. The molecule has 8 aliphatic rings. The minimum atomic E-state index is -0.533. The molecule has 8 rings (SSSR count). The van der Waals surface area contributed by atoms with Crippen molar-refractivity contribution in [3.05, 3.63) is 23.3 Å². The lowest BCUT2D eigenvalue weighted by Crippen LogP contribution is -2.55. The molecule has 0 unspecified atom stereocenters. The van der Waals surface area contributed by atoms with Gasteiger partial charge in [0.15, 0.2) is 11.6 Å². The van der Waals surface area contributed by atoms with Crippen molar-refractivity contribution in [1.29, 1.82) is 0 Å². The fraction of sp³-hybridized carbons (Fsp3) is 0.857. The van der Waals surface area contributed by atoms with Crippen LogP contribution in [0.15, 0.2) is 23.3 Å². The van der Waals surface area contributed by atoms with Crippen LogP contribution in [0.1, 0.15) is 131 Å². The molecule has 6 nitrogen and oxygen atoms in total. The molecule has 0 heterocycles. The highest BCUT2D eigenvalue weighted by atomic mass is 16.3. The van der Waals surface area contributed by atoms with Gasteiger partial charge in [-0.2, -0.15) is 0 Å². The molecule has 6 fully saturated rings. The van der Waals surface area contributed by atoms with Crippen molar-refractivity contribution < 1.29 is 30.0 Å². The van der Waals surface area contributed by atoms with Crippen molar-refractivity contribution in [2.45, 2.75) is 143 Å². The van der Waals surface area contributed by atoms with E-state index in [2.05, 4.69) is 39.8 Å². The predicted molar refractivity (Wildman–Crippen MR) is 187 cm³/mol. The van der Waals surface area contributed by atoms with Crippen LogP contribution in [0.5, 0.6) is 0 Å². The monoisotopic (exact) mass is 664 g/mol. The minimum absolute atomic E-state index is 0.0463. The van der Waals surface area contributed by atoms with E-state index in [1.54, 1.807) is 0 Å². The number of ketones is 2. The van der Waals surface area contributed by atoms with Gasteiger partial charge in [-0.25, -0.2) is 0 Å². The highest BCUT2D eigenvalue weighted by Crippen LogP contribution is 2.69. The molecule has 0 bridgehead atoms. The molecule has 4 N–H and O–H groups in total. The van der Waals surface area contributed by atoms with E-state index in [4.69, 9.17) is 0 Å². The fourth-order valence-electron chi connectivity index (χ4n) is 14.4. The second kappa shape index (κ2) is 11.6. The summed E-state index contributed by atoms with van der Waals surface area (Å²) in [6, 6.07) is 0. The summed E-state index contributed by atoms with van der Waals surface area (Å²) in [7, 11) is 0. The van der Waals surface area contributed by atoms with Gasteiger partial charge >= 0.3 is 0 Å². The van der Waals surface area contributed by atoms with Gasteiger partial charge in [-0.3, -0.25) is 9.59 Å². The van der Waals surface area contributed by atoms with Crippen LogP contribution in [0.3, 0.4) is 0 Å². The predicted octanol–water partition coefficient (Wildman–Crippen LogP) is 6.98. The lowest BCUT2D eigenvalue weighted by atomic mass is 9.45. The summed E-state index contributed by atoms with van der Waals surface area (Å²) in [5, 5.41) is 41.1. The smallest absolute Gasteiger partial charge is 0.161 e. The van der Waals surface area contributed by atoms with Gasteiger partial charge < -0.3 is 20.4 Å². The molecule has 6 heteroatoms. The van der Waals surface area contributed by atoms with Crippen LogP contribution in [-0.2, 0) is 9.59 Å². The van der Waals surface area contributed by atoms with Gasteiger partial charge in [0.1, 0.15) is 0 Å². The maximum Gasteiger partial charge on any atom is 0.161 e. The Kier molecular flexibility index (Phi) is 8.47. The third-order valence-corrected chi connectivity index (χ3v) is 17.9. The minimum Gasteiger partial charge on any atom is -0.392 e. The molecule has 0 aromatic carbocycles. The van der Waals surface area contributed by atoms with Gasteiger partial charge in [0.05, 0.1) is 24.4 Å². The van der Waals surface area contributed by atoms with Gasteiger partial charge in [0, 0.05) is 24.0 Å². The molecule has 0 saturated heterocycles. The SMILES string of the molecule is C[C@]12C=C(CO)C(=O)C[C@@H]1CC[C@@H]1[C@@H]2CC[C@@]2(C)[C@H]1CC[C@]2(C)O.C[C@]12C=C(CO)C(=O)C[C@@H]1CC[C@@H]1[C@@H]2CC[C@@]2(C)[C@H]1CC[C@]2(C)O. The molecule has 14 atom stereocenters. The molecule has 0 radical (unpaired) electrons. The van der Waals surface area contributed by atoms with Crippen LogP contribution >= 0.6 is 0 Å².